The predicted octanol–water partition coefficient (Wildman–Crippen LogP) is 5.98. The number of aromatic amines is 2. The zero-order chi connectivity index (χ0) is 41.1. The van der Waals surface area contributed by atoms with E-state index in [-0.39, 0.29) is 60.6 Å². The van der Waals surface area contributed by atoms with Crippen molar-refractivity contribution in [2.45, 2.75) is 44.2 Å². The largest absolute Gasteiger partial charge is 1.00 e. The molecule has 0 radical (unpaired) electrons. The quantitative estimate of drug-likeness (QED) is 0.0489. The normalized spacial score (nSPS) is 11.2. The molecule has 2 heterocycles. The fourth-order valence-corrected chi connectivity index (χ4v) is 9.58. The molecule has 0 unspecified atom stereocenters. The van der Waals surface area contributed by atoms with Gasteiger partial charge >= 0.3 is 29.6 Å². The molecule has 2 aromatic heterocycles. The van der Waals surface area contributed by atoms with E-state index in [4.69, 9.17) is 20.8 Å². The van der Waals surface area contributed by atoms with E-state index < -0.39 is 29.8 Å². The standard InChI is InChI=1S/C23H21NO5S2.C16H14N4O2S.N3.Na/c1-17-7-10-20(11-8-17)31(27,28)29-14-13-18-9-12-21-22(15-18)24-16-23(21)30(25,26)19-5-3-2-4-6-19;17-20-19-9-8-12-6-7-14-15(10-12)18-11-16(14)23(21,22)13-4-2-1-3-5-13;1-3-2;/h2-12,15-16,24H,13-14H2,1H3;1-7,10-11,18H,8-9H2;;/q;;-1;+1. The van der Waals surface area contributed by atoms with Gasteiger partial charge in [-0.2, -0.15) is 8.42 Å². The number of nitrogens with one attached hydrogen (secondary N) is 2. The second kappa shape index (κ2) is 20.3. The van der Waals surface area contributed by atoms with Gasteiger partial charge in [-0.15, -0.1) is 0 Å². The molecule has 0 aliphatic carbocycles. The summed E-state index contributed by atoms with van der Waals surface area (Å²) in [6.45, 7) is 2.24. The van der Waals surface area contributed by atoms with Gasteiger partial charge in [0, 0.05) is 45.7 Å². The van der Waals surface area contributed by atoms with Gasteiger partial charge in [-0.3, -0.25) is 9.09 Å². The summed E-state index contributed by atoms with van der Waals surface area (Å²) in [5.74, 6) is 0. The van der Waals surface area contributed by atoms with Crippen molar-refractivity contribution >= 4 is 51.6 Å². The van der Waals surface area contributed by atoms with Crippen molar-refractivity contribution in [3.63, 3.8) is 0 Å². The van der Waals surface area contributed by atoms with Crippen LogP contribution in [0.25, 0.3) is 48.2 Å². The molecule has 0 bridgehead atoms. The van der Waals surface area contributed by atoms with Crippen LogP contribution in [0.2, 0.25) is 0 Å². The minimum atomic E-state index is -3.82. The second-order valence-corrected chi connectivity index (χ2v) is 17.8. The fraction of sp³-hybridized carbons (Fsp3) is 0.128. The van der Waals surface area contributed by atoms with Crippen LogP contribution in [0.5, 0.6) is 0 Å². The van der Waals surface area contributed by atoms with Gasteiger partial charge in [0.25, 0.3) is 10.1 Å². The van der Waals surface area contributed by atoms with Crippen LogP contribution in [-0.2, 0) is 46.8 Å². The number of aromatic nitrogens is 2. The van der Waals surface area contributed by atoms with Crippen molar-refractivity contribution in [1.82, 2.24) is 9.97 Å². The Hall–Kier alpha value is -5.39. The monoisotopic (exact) mass is 846 g/mol. The molecule has 0 aliphatic rings. The van der Waals surface area contributed by atoms with Crippen molar-refractivity contribution in [3.05, 3.63) is 177 Å². The van der Waals surface area contributed by atoms with Crippen LogP contribution < -0.4 is 29.6 Å². The van der Waals surface area contributed by atoms with E-state index >= 15 is 0 Å². The van der Waals surface area contributed by atoms with Crippen molar-refractivity contribution < 1.29 is 59.0 Å². The number of H-pyrrole nitrogens is 2. The van der Waals surface area contributed by atoms with Gasteiger partial charge in [-0.25, -0.2) is 16.8 Å². The summed E-state index contributed by atoms with van der Waals surface area (Å²) in [7, 11) is -11.0. The molecular formula is C39H35N8NaO7S3. The Kier molecular flexibility index (Phi) is 15.9. The minimum Gasteiger partial charge on any atom is -0.373 e. The molecule has 0 aliphatic heterocycles. The van der Waals surface area contributed by atoms with Gasteiger partial charge in [0.2, 0.25) is 19.7 Å². The number of sulfone groups is 2. The average Bonchev–Trinajstić information content (AvgIpc) is 3.85. The number of rotatable bonds is 12. The number of nitrogens with zero attached hydrogens (tertiary/aromatic N) is 6. The molecule has 0 fully saturated rings. The van der Waals surface area contributed by atoms with Crippen LogP contribution in [0.15, 0.2) is 163 Å². The van der Waals surface area contributed by atoms with Gasteiger partial charge in [-0.05, 0) is 85.0 Å². The Balaban J connectivity index is 0.000000245. The van der Waals surface area contributed by atoms with E-state index in [2.05, 4.69) is 20.0 Å². The molecule has 15 nitrogen and oxygen atoms in total. The summed E-state index contributed by atoms with van der Waals surface area (Å²) < 4.78 is 81.1. The number of azide groups is 1. The Morgan fingerprint density at radius 3 is 1.50 bits per heavy atom. The molecule has 5 aromatic carbocycles. The first kappa shape index (κ1) is 45.3. The molecule has 58 heavy (non-hydrogen) atoms. The van der Waals surface area contributed by atoms with E-state index in [9.17, 15) is 25.3 Å². The summed E-state index contributed by atoms with van der Waals surface area (Å²) in [5.41, 5.74) is 26.0. The first-order valence-electron chi connectivity index (χ1n) is 17.1. The van der Waals surface area contributed by atoms with Crippen molar-refractivity contribution in [3.8, 4) is 0 Å². The summed E-state index contributed by atoms with van der Waals surface area (Å²) in [6, 6.07) is 33.9. The van der Waals surface area contributed by atoms with Gasteiger partial charge in [0.15, 0.2) is 0 Å². The predicted molar refractivity (Wildman–Crippen MR) is 216 cm³/mol. The molecule has 0 saturated heterocycles. The molecule has 2 N–H and O–H groups in total. The molecule has 7 rings (SSSR count). The molecule has 0 spiro atoms. The number of aryl methyl sites for hydroxylation is 1. The third-order valence-electron chi connectivity index (χ3n) is 8.61. The fourth-order valence-electron chi connectivity index (χ4n) is 5.77. The van der Waals surface area contributed by atoms with E-state index in [0.717, 1.165) is 22.2 Å². The Bertz CT molecular complexity index is 2910. The molecule has 0 saturated carbocycles. The summed E-state index contributed by atoms with van der Waals surface area (Å²) in [4.78, 5) is 11.3. The van der Waals surface area contributed by atoms with Crippen LogP contribution in [0.3, 0.4) is 0 Å². The zero-order valence-electron chi connectivity index (χ0n) is 31.3. The maximum Gasteiger partial charge on any atom is 1.00 e. The molecule has 0 atom stereocenters. The van der Waals surface area contributed by atoms with Gasteiger partial charge in [0.05, 0.1) is 31.1 Å². The minimum absolute atomic E-state index is 0. The number of benzene rings is 5. The third kappa shape index (κ3) is 11.0. The topological polar surface area (TPSA) is 251 Å². The SMILES string of the molecule is Cc1ccc(S(=O)(=O)OCCc2ccc3c(S(=O)(=O)c4ccccc4)c[nH]c3c2)cc1.[N-]=[N+]=NCCc1ccc2c(S(=O)(=O)c3ccccc3)c[nH]c2c1.[N-]=[N+]=[N-].[Na+]. The first-order valence-corrected chi connectivity index (χ1v) is 21.4. The summed E-state index contributed by atoms with van der Waals surface area (Å²) >= 11 is 0. The van der Waals surface area contributed by atoms with Crippen molar-refractivity contribution in [2.24, 2.45) is 5.11 Å². The van der Waals surface area contributed by atoms with E-state index in [1.54, 1.807) is 97.1 Å². The maximum atomic E-state index is 12.9. The maximum absolute atomic E-state index is 12.9. The molecule has 292 valence electrons. The van der Waals surface area contributed by atoms with E-state index in [1.165, 1.54) is 29.4 Å². The number of hydrogen-bond donors (Lipinski definition) is 2. The van der Waals surface area contributed by atoms with E-state index in [0.29, 0.717) is 35.7 Å². The van der Waals surface area contributed by atoms with Crippen molar-refractivity contribution in [2.75, 3.05) is 13.2 Å². The van der Waals surface area contributed by atoms with Crippen LogP contribution in [-0.4, -0.2) is 48.4 Å². The van der Waals surface area contributed by atoms with Crippen LogP contribution >= 0.6 is 0 Å². The van der Waals surface area contributed by atoms with Crippen LogP contribution in [0.4, 0.5) is 0 Å². The number of hydrogen-bond acceptors (Lipinski definition) is 8. The van der Waals surface area contributed by atoms with Gasteiger partial charge in [-0.1, -0.05) is 83.5 Å². The van der Waals surface area contributed by atoms with Crippen LogP contribution in [0, 0.1) is 6.92 Å². The van der Waals surface area contributed by atoms with Gasteiger partial charge in [0.1, 0.15) is 0 Å². The van der Waals surface area contributed by atoms with Crippen molar-refractivity contribution in [1.29, 1.82) is 0 Å². The molecular weight excluding hydrogens is 812 g/mol. The second-order valence-electron chi connectivity index (χ2n) is 12.3. The molecule has 7 aromatic rings. The van der Waals surface area contributed by atoms with Crippen LogP contribution in [0.1, 0.15) is 16.7 Å². The average molecular weight is 847 g/mol. The smallest absolute Gasteiger partial charge is 0.373 e. The Morgan fingerprint density at radius 1 is 0.603 bits per heavy atom. The first-order chi connectivity index (χ1) is 27.3. The van der Waals surface area contributed by atoms with E-state index in [1.807, 2.05) is 19.1 Å². The summed E-state index contributed by atoms with van der Waals surface area (Å²) in [5, 5.41) is 4.74. The summed E-state index contributed by atoms with van der Waals surface area (Å²) in [6.07, 6.45) is 3.97. The third-order valence-corrected chi connectivity index (χ3v) is 13.6. The number of fused-ring (bicyclic) bond motifs is 2. The molecule has 19 heteroatoms. The molecule has 0 amide bonds. The zero-order valence-corrected chi connectivity index (χ0v) is 35.7. The Labute approximate surface area is 357 Å². The van der Waals surface area contributed by atoms with Gasteiger partial charge < -0.3 is 21.0 Å². The Morgan fingerprint density at radius 2 is 1.05 bits per heavy atom.